The summed E-state index contributed by atoms with van der Waals surface area (Å²) in [5.41, 5.74) is 1.95. The van der Waals surface area contributed by atoms with Gasteiger partial charge in [-0.1, -0.05) is 0 Å². The Balaban J connectivity index is 1.31. The number of nitrogens with one attached hydrogen (secondary N) is 1. The number of amides is 1. The Bertz CT molecular complexity index is 701. The second-order valence-electron chi connectivity index (χ2n) is 7.89. The van der Waals surface area contributed by atoms with Crippen LogP contribution in [-0.2, 0) is 11.2 Å². The molecular weight excluding hydrogens is 328 g/mol. The van der Waals surface area contributed by atoms with Crippen molar-refractivity contribution in [1.82, 2.24) is 15.2 Å². The van der Waals surface area contributed by atoms with E-state index in [9.17, 15) is 9.59 Å². The lowest BCUT2D eigenvalue weighted by atomic mass is 9.92. The molecule has 0 bridgehead atoms. The second-order valence-corrected chi connectivity index (χ2v) is 7.89. The van der Waals surface area contributed by atoms with Crippen molar-refractivity contribution in [1.29, 1.82) is 0 Å². The molecule has 0 saturated carbocycles. The predicted octanol–water partition coefficient (Wildman–Crippen LogP) is 1.64. The van der Waals surface area contributed by atoms with Gasteiger partial charge in [0.2, 0.25) is 5.91 Å². The maximum absolute atomic E-state index is 12.3. The van der Waals surface area contributed by atoms with Crippen LogP contribution in [0.15, 0.2) is 12.3 Å². The Morgan fingerprint density at radius 3 is 2.92 bits per heavy atom. The molecule has 26 heavy (non-hydrogen) atoms. The van der Waals surface area contributed by atoms with Crippen LogP contribution >= 0.6 is 0 Å². The molecule has 6 nitrogen and oxygen atoms in total. The molecule has 2 saturated heterocycles. The Kier molecular flexibility index (Phi) is 4.94. The number of aromatic nitrogens is 1. The number of likely N-dealkylation sites (tertiary alicyclic amines) is 1. The van der Waals surface area contributed by atoms with Crippen LogP contribution in [0.2, 0.25) is 0 Å². The van der Waals surface area contributed by atoms with Crippen LogP contribution in [0.25, 0.3) is 0 Å². The standard InChI is InChI=1S/C20H28N4O2/c1-14(23-7-3-8-23)20(26)22-11-15-6-9-24(13-15)19-10-16-4-2-5-18(25)17(16)12-21-19/h10,12,14-15H,2-9,11,13H2,1H3,(H,22,26). The summed E-state index contributed by atoms with van der Waals surface area (Å²) in [4.78, 5) is 33.3. The lowest BCUT2D eigenvalue weighted by Crippen LogP contribution is -2.51. The maximum Gasteiger partial charge on any atom is 0.237 e. The van der Waals surface area contributed by atoms with Gasteiger partial charge in [-0.15, -0.1) is 0 Å². The minimum absolute atomic E-state index is 0.0129. The first-order valence-electron chi connectivity index (χ1n) is 9.90. The summed E-state index contributed by atoms with van der Waals surface area (Å²) >= 11 is 0. The Hall–Kier alpha value is -1.95. The first-order valence-corrected chi connectivity index (χ1v) is 9.90. The maximum atomic E-state index is 12.3. The van der Waals surface area contributed by atoms with E-state index in [2.05, 4.69) is 26.2 Å². The van der Waals surface area contributed by atoms with Gasteiger partial charge in [-0.2, -0.15) is 0 Å². The van der Waals surface area contributed by atoms with Gasteiger partial charge in [-0.25, -0.2) is 4.98 Å². The Labute approximate surface area is 155 Å². The van der Waals surface area contributed by atoms with Crippen molar-refractivity contribution in [3.8, 4) is 0 Å². The lowest BCUT2D eigenvalue weighted by molar-refractivity contribution is -0.127. The first kappa shape index (κ1) is 17.5. The topological polar surface area (TPSA) is 65.5 Å². The molecule has 0 aromatic carbocycles. The molecule has 1 N–H and O–H groups in total. The molecule has 3 heterocycles. The number of carbonyl (C=O) groups is 2. The van der Waals surface area contributed by atoms with Crippen molar-refractivity contribution in [2.45, 2.75) is 45.1 Å². The Morgan fingerprint density at radius 1 is 1.31 bits per heavy atom. The summed E-state index contributed by atoms with van der Waals surface area (Å²) in [5.74, 6) is 1.81. The summed E-state index contributed by atoms with van der Waals surface area (Å²) in [6, 6.07) is 2.08. The monoisotopic (exact) mass is 356 g/mol. The molecule has 4 rings (SSSR count). The number of ketones is 1. The third kappa shape index (κ3) is 3.47. The van der Waals surface area contributed by atoms with E-state index < -0.39 is 0 Å². The number of rotatable bonds is 5. The number of aryl methyl sites for hydroxylation is 1. The number of fused-ring (bicyclic) bond motifs is 1. The van der Waals surface area contributed by atoms with Crippen molar-refractivity contribution in [2.24, 2.45) is 5.92 Å². The highest BCUT2D eigenvalue weighted by Gasteiger charge is 2.28. The van der Waals surface area contributed by atoms with E-state index in [-0.39, 0.29) is 17.7 Å². The molecule has 1 aliphatic carbocycles. The summed E-state index contributed by atoms with van der Waals surface area (Å²) in [7, 11) is 0. The third-order valence-corrected chi connectivity index (χ3v) is 6.12. The molecule has 2 atom stereocenters. The van der Waals surface area contributed by atoms with Crippen molar-refractivity contribution in [3.63, 3.8) is 0 Å². The van der Waals surface area contributed by atoms with Gasteiger partial charge in [0, 0.05) is 50.9 Å². The minimum Gasteiger partial charge on any atom is -0.356 e. The summed E-state index contributed by atoms with van der Waals surface area (Å²) in [6.07, 6.45) is 6.59. The van der Waals surface area contributed by atoms with Crippen LogP contribution in [0, 0.1) is 5.92 Å². The van der Waals surface area contributed by atoms with Gasteiger partial charge >= 0.3 is 0 Å². The fraction of sp³-hybridized carbons (Fsp3) is 0.650. The van der Waals surface area contributed by atoms with Crippen LogP contribution in [-0.4, -0.2) is 60.3 Å². The normalized spacial score (nSPS) is 24.1. The summed E-state index contributed by atoms with van der Waals surface area (Å²) in [6.45, 7) is 6.68. The molecular formula is C20H28N4O2. The van der Waals surface area contributed by atoms with Crippen molar-refractivity contribution in [3.05, 3.63) is 23.4 Å². The van der Waals surface area contributed by atoms with Gasteiger partial charge < -0.3 is 10.2 Å². The summed E-state index contributed by atoms with van der Waals surface area (Å²) in [5, 5.41) is 3.13. The van der Waals surface area contributed by atoms with E-state index in [0.717, 1.165) is 68.9 Å². The largest absolute Gasteiger partial charge is 0.356 e. The number of hydrogen-bond donors (Lipinski definition) is 1. The molecule has 140 valence electrons. The highest BCUT2D eigenvalue weighted by Crippen LogP contribution is 2.27. The Morgan fingerprint density at radius 2 is 2.15 bits per heavy atom. The highest BCUT2D eigenvalue weighted by molar-refractivity contribution is 5.98. The van der Waals surface area contributed by atoms with E-state index in [1.165, 1.54) is 6.42 Å². The van der Waals surface area contributed by atoms with Gasteiger partial charge in [0.1, 0.15) is 5.82 Å². The van der Waals surface area contributed by atoms with Crippen LogP contribution in [0.1, 0.15) is 48.5 Å². The smallest absolute Gasteiger partial charge is 0.237 e. The van der Waals surface area contributed by atoms with Crippen molar-refractivity contribution < 1.29 is 9.59 Å². The van der Waals surface area contributed by atoms with Gasteiger partial charge in [0.15, 0.2) is 5.78 Å². The third-order valence-electron chi connectivity index (χ3n) is 6.12. The number of hydrogen-bond acceptors (Lipinski definition) is 5. The van der Waals surface area contributed by atoms with Crippen LogP contribution in [0.4, 0.5) is 5.82 Å². The second kappa shape index (κ2) is 7.35. The number of nitrogens with zero attached hydrogens (tertiary/aromatic N) is 3. The van der Waals surface area contributed by atoms with E-state index >= 15 is 0 Å². The zero-order valence-corrected chi connectivity index (χ0v) is 15.5. The number of pyridine rings is 1. The number of Topliss-reactive ketones (excluding diaryl/α,β-unsaturated/α-hetero) is 1. The average Bonchev–Trinajstić information content (AvgIpc) is 3.07. The molecule has 2 aliphatic heterocycles. The molecule has 0 spiro atoms. The van der Waals surface area contributed by atoms with Gasteiger partial charge in [-0.3, -0.25) is 14.5 Å². The summed E-state index contributed by atoms with van der Waals surface area (Å²) < 4.78 is 0. The quantitative estimate of drug-likeness (QED) is 0.869. The van der Waals surface area contributed by atoms with E-state index in [4.69, 9.17) is 0 Å². The van der Waals surface area contributed by atoms with Crippen LogP contribution in [0.5, 0.6) is 0 Å². The first-order chi connectivity index (χ1) is 12.6. The van der Waals surface area contributed by atoms with Gasteiger partial charge in [0.25, 0.3) is 0 Å². The van der Waals surface area contributed by atoms with Crippen LogP contribution < -0.4 is 10.2 Å². The number of carbonyl (C=O) groups excluding carboxylic acids is 2. The minimum atomic E-state index is -0.0129. The zero-order valence-electron chi connectivity index (χ0n) is 15.5. The van der Waals surface area contributed by atoms with Gasteiger partial charge in [0.05, 0.1) is 6.04 Å². The molecule has 0 radical (unpaired) electrons. The molecule has 2 unspecified atom stereocenters. The predicted molar refractivity (Wildman–Crippen MR) is 100 cm³/mol. The fourth-order valence-electron chi connectivity index (χ4n) is 4.18. The molecule has 1 amide bonds. The lowest BCUT2D eigenvalue weighted by Gasteiger charge is -2.35. The fourth-order valence-corrected chi connectivity index (χ4v) is 4.18. The van der Waals surface area contributed by atoms with Gasteiger partial charge in [-0.05, 0) is 50.2 Å². The SMILES string of the molecule is CC(C(=O)NCC1CCN(c2cc3c(cn2)C(=O)CCC3)C1)N1CCC1. The number of anilines is 1. The average molecular weight is 356 g/mol. The van der Waals surface area contributed by atoms with Crippen molar-refractivity contribution in [2.75, 3.05) is 37.6 Å². The molecule has 6 heteroatoms. The van der Waals surface area contributed by atoms with E-state index in [1.807, 2.05) is 6.92 Å². The van der Waals surface area contributed by atoms with Crippen LogP contribution in [0.3, 0.4) is 0 Å². The molecule has 1 aromatic heterocycles. The molecule has 2 fully saturated rings. The molecule has 1 aromatic rings. The van der Waals surface area contributed by atoms with E-state index in [0.29, 0.717) is 12.3 Å². The van der Waals surface area contributed by atoms with E-state index in [1.54, 1.807) is 6.20 Å². The highest BCUT2D eigenvalue weighted by atomic mass is 16.2. The zero-order chi connectivity index (χ0) is 18.1. The van der Waals surface area contributed by atoms with Crippen molar-refractivity contribution >= 4 is 17.5 Å². The molecule has 3 aliphatic rings.